The summed E-state index contributed by atoms with van der Waals surface area (Å²) in [6.45, 7) is 4.87. The van der Waals surface area contributed by atoms with Gasteiger partial charge in [0.15, 0.2) is 12.6 Å². The van der Waals surface area contributed by atoms with Gasteiger partial charge in [0.1, 0.15) is 18.2 Å². The first kappa shape index (κ1) is 23.2. The molecule has 3 saturated heterocycles. The smallest absolute Gasteiger partial charge is 0.316 e. The lowest BCUT2D eigenvalue weighted by Gasteiger charge is -2.52. The van der Waals surface area contributed by atoms with Gasteiger partial charge in [-0.15, -0.1) is 0 Å². The van der Waals surface area contributed by atoms with Gasteiger partial charge in [0.25, 0.3) is 5.91 Å². The molecule has 182 valence electrons. The largest absolute Gasteiger partial charge is 0.455 e. The second-order valence-corrected chi connectivity index (χ2v) is 10.8. The van der Waals surface area contributed by atoms with E-state index in [9.17, 15) is 9.59 Å². The van der Waals surface area contributed by atoms with E-state index in [1.54, 1.807) is 12.3 Å². The molecule has 1 saturated carbocycles. The number of rotatable bonds is 6. The summed E-state index contributed by atoms with van der Waals surface area (Å²) in [4.78, 5) is 35.1. The fourth-order valence-electron chi connectivity index (χ4n) is 6.63. The Kier molecular flexibility index (Phi) is 6.56. The SMILES string of the molecule is Cc1nccc(NC(=O)C[N+]23CCC(CC2)[C@@H](OC(=O)C2(C4=CC=CC4)CCCCCC2)C3)n1. The molecule has 4 fully saturated rings. The summed E-state index contributed by atoms with van der Waals surface area (Å²) >= 11 is 0. The van der Waals surface area contributed by atoms with Crippen molar-refractivity contribution < 1.29 is 18.8 Å². The van der Waals surface area contributed by atoms with E-state index in [4.69, 9.17) is 4.74 Å². The van der Waals surface area contributed by atoms with Crippen molar-refractivity contribution in [3.8, 4) is 0 Å². The molecule has 34 heavy (non-hydrogen) atoms. The minimum absolute atomic E-state index is 0.0119. The van der Waals surface area contributed by atoms with Crippen molar-refractivity contribution in [3.63, 3.8) is 0 Å². The van der Waals surface area contributed by atoms with Crippen LogP contribution in [0, 0.1) is 18.3 Å². The van der Waals surface area contributed by atoms with E-state index in [0.717, 1.165) is 64.6 Å². The molecule has 4 heterocycles. The minimum Gasteiger partial charge on any atom is -0.455 e. The number of ether oxygens (including phenoxy) is 1. The van der Waals surface area contributed by atoms with Gasteiger partial charge in [-0.05, 0) is 37.8 Å². The van der Waals surface area contributed by atoms with Crippen molar-refractivity contribution in [3.05, 3.63) is 41.9 Å². The van der Waals surface area contributed by atoms with Crippen molar-refractivity contribution in [2.45, 2.75) is 70.8 Å². The van der Waals surface area contributed by atoms with Gasteiger partial charge in [-0.1, -0.05) is 43.9 Å². The summed E-state index contributed by atoms with van der Waals surface area (Å²) in [5, 5.41) is 2.94. The fraction of sp³-hybridized carbons (Fsp3) is 0.630. The molecular weight excluding hydrogens is 428 g/mol. The van der Waals surface area contributed by atoms with Crippen LogP contribution in [-0.4, -0.2) is 58.6 Å². The van der Waals surface area contributed by atoms with E-state index in [-0.39, 0.29) is 18.0 Å². The van der Waals surface area contributed by atoms with Crippen molar-refractivity contribution >= 4 is 17.7 Å². The molecule has 1 aromatic rings. The van der Waals surface area contributed by atoms with Gasteiger partial charge in [0.2, 0.25) is 0 Å². The van der Waals surface area contributed by atoms with E-state index in [1.165, 1.54) is 18.4 Å². The van der Waals surface area contributed by atoms with Gasteiger partial charge in [-0.2, -0.15) is 0 Å². The normalized spacial score (nSPS) is 29.9. The number of aryl methyl sites for hydroxylation is 1. The number of hydrogen-bond acceptors (Lipinski definition) is 5. The second-order valence-electron chi connectivity index (χ2n) is 10.8. The van der Waals surface area contributed by atoms with Crippen LogP contribution >= 0.6 is 0 Å². The topological polar surface area (TPSA) is 81.2 Å². The molecule has 1 aromatic heterocycles. The van der Waals surface area contributed by atoms with Crippen molar-refractivity contribution in [1.29, 1.82) is 0 Å². The second kappa shape index (κ2) is 9.61. The number of anilines is 1. The van der Waals surface area contributed by atoms with Crippen molar-refractivity contribution in [1.82, 2.24) is 9.97 Å². The number of amides is 1. The average molecular weight is 466 g/mol. The molecule has 7 nitrogen and oxygen atoms in total. The van der Waals surface area contributed by atoms with Crippen LogP contribution in [0.25, 0.3) is 0 Å². The number of carbonyl (C=O) groups excluding carboxylic acids is 2. The van der Waals surface area contributed by atoms with Crippen molar-refractivity contribution in [2.24, 2.45) is 11.3 Å². The summed E-state index contributed by atoms with van der Waals surface area (Å²) in [5.41, 5.74) is 0.781. The minimum atomic E-state index is -0.459. The maximum Gasteiger partial charge on any atom is 0.316 e. The highest BCUT2D eigenvalue weighted by molar-refractivity contribution is 5.90. The number of aromatic nitrogens is 2. The molecule has 5 aliphatic rings. The van der Waals surface area contributed by atoms with Crippen LogP contribution in [0.4, 0.5) is 5.82 Å². The maximum atomic E-state index is 13.8. The summed E-state index contributed by atoms with van der Waals surface area (Å²) in [6, 6.07) is 1.72. The first-order valence-electron chi connectivity index (χ1n) is 13.0. The molecule has 1 amide bonds. The first-order chi connectivity index (χ1) is 16.5. The van der Waals surface area contributed by atoms with Crippen LogP contribution in [0.2, 0.25) is 0 Å². The number of allylic oxidation sites excluding steroid dienone is 3. The number of esters is 1. The van der Waals surface area contributed by atoms with Crippen LogP contribution in [0.3, 0.4) is 0 Å². The van der Waals surface area contributed by atoms with E-state index in [2.05, 4.69) is 33.5 Å². The van der Waals surface area contributed by atoms with Gasteiger partial charge in [0.05, 0.1) is 18.5 Å². The van der Waals surface area contributed by atoms with E-state index in [0.29, 0.717) is 28.6 Å². The van der Waals surface area contributed by atoms with E-state index in [1.807, 2.05) is 6.92 Å². The van der Waals surface area contributed by atoms with Gasteiger partial charge < -0.3 is 14.5 Å². The molecule has 2 aliphatic carbocycles. The number of nitrogens with one attached hydrogen (secondary N) is 1. The number of quaternary nitrogens is 1. The van der Waals surface area contributed by atoms with Crippen LogP contribution in [0.1, 0.15) is 63.6 Å². The third kappa shape index (κ3) is 4.67. The Bertz CT molecular complexity index is 985. The molecule has 1 atom stereocenters. The quantitative estimate of drug-likeness (QED) is 0.389. The third-order valence-corrected chi connectivity index (χ3v) is 8.56. The fourth-order valence-corrected chi connectivity index (χ4v) is 6.63. The maximum absolute atomic E-state index is 13.8. The van der Waals surface area contributed by atoms with Gasteiger partial charge >= 0.3 is 5.97 Å². The summed E-state index contributed by atoms with van der Waals surface area (Å²) in [5.74, 6) is 1.54. The lowest BCUT2D eigenvalue weighted by Crippen LogP contribution is -2.66. The number of piperidine rings is 3. The van der Waals surface area contributed by atoms with Crippen molar-refractivity contribution in [2.75, 3.05) is 31.5 Å². The third-order valence-electron chi connectivity index (χ3n) is 8.56. The lowest BCUT2D eigenvalue weighted by molar-refractivity contribution is -0.939. The molecule has 2 bridgehead atoms. The lowest BCUT2D eigenvalue weighted by atomic mass is 9.73. The number of fused-ring (bicyclic) bond motifs is 3. The van der Waals surface area contributed by atoms with Gasteiger partial charge in [-0.3, -0.25) is 9.59 Å². The number of nitrogens with zero attached hydrogens (tertiary/aromatic N) is 3. The Morgan fingerprint density at radius 3 is 2.62 bits per heavy atom. The molecule has 3 aliphatic heterocycles. The molecule has 0 radical (unpaired) electrons. The zero-order valence-electron chi connectivity index (χ0n) is 20.3. The Morgan fingerprint density at radius 2 is 1.94 bits per heavy atom. The molecule has 7 heteroatoms. The molecule has 6 rings (SSSR count). The molecule has 1 N–H and O–H groups in total. The van der Waals surface area contributed by atoms with E-state index >= 15 is 0 Å². The standard InChI is InChI=1S/C27H36N4O3/c1-20-28-15-10-24(29-20)30-25(32)19-31-16-11-21(12-17-31)23(18-31)34-26(33)27(22-8-4-5-9-22)13-6-2-3-7-14-27/h4-5,8,10,15,21,23H,2-3,6-7,9,11-14,16-19H2,1H3/p+1/t21?,23-,31?/m0/s1. The highest BCUT2D eigenvalue weighted by Crippen LogP contribution is 2.46. The molecular formula is C27H37N4O3+. The predicted octanol–water partition coefficient (Wildman–Crippen LogP) is 4.10. The highest BCUT2D eigenvalue weighted by Gasteiger charge is 2.51. The zero-order chi connectivity index (χ0) is 23.6. The Morgan fingerprint density at radius 1 is 1.18 bits per heavy atom. The Labute approximate surface area is 202 Å². The first-order valence-corrected chi connectivity index (χ1v) is 13.0. The summed E-state index contributed by atoms with van der Waals surface area (Å²) < 4.78 is 7.10. The van der Waals surface area contributed by atoms with Crippen LogP contribution < -0.4 is 5.32 Å². The predicted molar refractivity (Wildman–Crippen MR) is 130 cm³/mol. The van der Waals surface area contributed by atoms with Crippen LogP contribution in [0.15, 0.2) is 36.1 Å². The average Bonchev–Trinajstić information content (AvgIpc) is 3.24. The Hall–Kier alpha value is -2.54. The molecule has 0 spiro atoms. The van der Waals surface area contributed by atoms with E-state index < -0.39 is 5.41 Å². The molecule has 0 aromatic carbocycles. The molecule has 0 unspecified atom stereocenters. The number of carbonyl (C=O) groups is 2. The van der Waals surface area contributed by atoms with Gasteiger partial charge in [-0.25, -0.2) is 9.97 Å². The summed E-state index contributed by atoms with van der Waals surface area (Å²) in [6.07, 6.45) is 17.2. The number of hydrogen-bond donors (Lipinski definition) is 1. The Balaban J connectivity index is 1.27. The summed E-state index contributed by atoms with van der Waals surface area (Å²) in [7, 11) is 0. The van der Waals surface area contributed by atoms with Gasteiger partial charge in [0, 0.05) is 25.0 Å². The van der Waals surface area contributed by atoms with Crippen LogP contribution in [-0.2, 0) is 14.3 Å². The zero-order valence-corrected chi connectivity index (χ0v) is 20.3. The van der Waals surface area contributed by atoms with Crippen LogP contribution in [0.5, 0.6) is 0 Å². The highest BCUT2D eigenvalue weighted by atomic mass is 16.5. The monoisotopic (exact) mass is 465 g/mol.